The summed E-state index contributed by atoms with van der Waals surface area (Å²) in [6.07, 6.45) is 0. The minimum Gasteiger partial charge on any atom is -0.494 e. The van der Waals surface area contributed by atoms with E-state index in [1.165, 1.54) is 11.6 Å². The molecule has 5 rings (SSSR count). The van der Waals surface area contributed by atoms with Crippen molar-refractivity contribution in [2.45, 2.75) is 25.7 Å². The van der Waals surface area contributed by atoms with Crippen molar-refractivity contribution in [3.63, 3.8) is 0 Å². The predicted molar refractivity (Wildman–Crippen MR) is 157 cm³/mol. The number of carbonyl (C=O) groups is 1. The fourth-order valence-electron chi connectivity index (χ4n) is 4.08. The molecule has 9 heteroatoms. The van der Waals surface area contributed by atoms with E-state index in [1.54, 1.807) is 54.7 Å². The van der Waals surface area contributed by atoms with Crippen molar-refractivity contribution >= 4 is 48.9 Å². The quantitative estimate of drug-likeness (QED) is 0.213. The van der Waals surface area contributed by atoms with Gasteiger partial charge in [-0.2, -0.15) is 0 Å². The lowest BCUT2D eigenvalue weighted by Gasteiger charge is -2.13. The molecule has 1 aromatic heterocycles. The maximum absolute atomic E-state index is 13.1. The highest BCUT2D eigenvalue weighted by Crippen LogP contribution is 2.31. The molecule has 0 aliphatic heterocycles. The van der Waals surface area contributed by atoms with E-state index in [2.05, 4.69) is 23.0 Å². The Bertz CT molecular complexity index is 1760. The van der Waals surface area contributed by atoms with Crippen molar-refractivity contribution in [2.75, 3.05) is 16.6 Å². The van der Waals surface area contributed by atoms with Crippen LogP contribution in [0, 0.1) is 13.8 Å². The van der Waals surface area contributed by atoms with E-state index in [4.69, 9.17) is 9.72 Å². The van der Waals surface area contributed by atoms with Gasteiger partial charge in [0.05, 0.1) is 21.7 Å². The Hall–Kier alpha value is -4.21. The molecule has 39 heavy (non-hydrogen) atoms. The largest absolute Gasteiger partial charge is 0.494 e. The number of hydrogen-bond acceptors (Lipinski definition) is 6. The van der Waals surface area contributed by atoms with E-state index in [-0.39, 0.29) is 10.5 Å². The van der Waals surface area contributed by atoms with Crippen molar-refractivity contribution in [3.8, 4) is 16.3 Å². The Morgan fingerprint density at radius 3 is 2.33 bits per heavy atom. The van der Waals surface area contributed by atoms with Gasteiger partial charge in [0.1, 0.15) is 10.8 Å². The van der Waals surface area contributed by atoms with E-state index in [0.717, 1.165) is 20.8 Å². The summed E-state index contributed by atoms with van der Waals surface area (Å²) >= 11 is 1.62. The fourth-order valence-corrected chi connectivity index (χ4v) is 6.48. The molecular formula is C30H27N3O4S2. The molecule has 0 fully saturated rings. The lowest BCUT2D eigenvalue weighted by Crippen LogP contribution is -2.17. The normalized spacial score (nSPS) is 11.4. The van der Waals surface area contributed by atoms with Crippen LogP contribution >= 0.6 is 11.3 Å². The first-order valence-electron chi connectivity index (χ1n) is 12.4. The number of nitrogens with one attached hydrogen (secondary N) is 2. The Labute approximate surface area is 231 Å². The monoisotopic (exact) mass is 557 g/mol. The van der Waals surface area contributed by atoms with E-state index in [0.29, 0.717) is 29.3 Å². The van der Waals surface area contributed by atoms with Crippen molar-refractivity contribution < 1.29 is 17.9 Å². The number of aromatic nitrogens is 1. The molecule has 0 saturated carbocycles. The molecule has 5 aromatic rings. The lowest BCUT2D eigenvalue weighted by atomic mass is 10.1. The van der Waals surface area contributed by atoms with Crippen molar-refractivity contribution in [2.24, 2.45) is 0 Å². The zero-order valence-electron chi connectivity index (χ0n) is 21.7. The number of sulfonamides is 1. The molecule has 0 spiro atoms. The van der Waals surface area contributed by atoms with E-state index < -0.39 is 15.9 Å². The first-order valence-corrected chi connectivity index (χ1v) is 14.7. The molecule has 1 heterocycles. The van der Waals surface area contributed by atoms with Crippen LogP contribution in [-0.4, -0.2) is 25.9 Å². The summed E-state index contributed by atoms with van der Waals surface area (Å²) in [6.45, 7) is 6.14. The van der Waals surface area contributed by atoms with Crippen LogP contribution in [0.15, 0.2) is 89.8 Å². The summed E-state index contributed by atoms with van der Waals surface area (Å²) in [6, 6.07) is 24.9. The number of thiazole rings is 1. The SMILES string of the molecule is CCOc1ccc(NS(=O)(=O)c2cc(C(=O)Nc3ccc(-c4nc5ccc(C)cc5s4)cc3)ccc2C)cc1. The second-order valence-corrected chi connectivity index (χ2v) is 11.7. The lowest BCUT2D eigenvalue weighted by molar-refractivity contribution is 0.102. The van der Waals surface area contributed by atoms with Crippen LogP contribution in [0.2, 0.25) is 0 Å². The number of fused-ring (bicyclic) bond motifs is 1. The molecule has 4 aromatic carbocycles. The zero-order chi connectivity index (χ0) is 27.6. The summed E-state index contributed by atoms with van der Waals surface area (Å²) in [5.74, 6) is 0.245. The molecule has 0 atom stereocenters. The van der Waals surface area contributed by atoms with Gasteiger partial charge in [0.2, 0.25) is 0 Å². The first kappa shape index (κ1) is 26.4. The predicted octanol–water partition coefficient (Wildman–Crippen LogP) is 7.03. The number of amides is 1. The highest BCUT2D eigenvalue weighted by atomic mass is 32.2. The van der Waals surface area contributed by atoms with Gasteiger partial charge in [0.15, 0.2) is 0 Å². The number of anilines is 2. The Morgan fingerprint density at radius 2 is 1.62 bits per heavy atom. The van der Waals surface area contributed by atoms with Crippen LogP contribution < -0.4 is 14.8 Å². The third-order valence-electron chi connectivity index (χ3n) is 6.09. The van der Waals surface area contributed by atoms with Crippen LogP contribution in [-0.2, 0) is 10.0 Å². The minimum absolute atomic E-state index is 0.0328. The number of carbonyl (C=O) groups excluding carboxylic acids is 1. The number of aryl methyl sites for hydroxylation is 2. The molecule has 0 bridgehead atoms. The second-order valence-electron chi connectivity index (χ2n) is 9.06. The first-order chi connectivity index (χ1) is 18.7. The molecule has 1 amide bonds. The summed E-state index contributed by atoms with van der Waals surface area (Å²) in [4.78, 5) is 17.8. The van der Waals surface area contributed by atoms with Gasteiger partial charge in [-0.3, -0.25) is 9.52 Å². The molecule has 0 aliphatic carbocycles. The van der Waals surface area contributed by atoms with Gasteiger partial charge in [-0.05, 0) is 105 Å². The minimum atomic E-state index is -3.92. The topological polar surface area (TPSA) is 97.4 Å². The Morgan fingerprint density at radius 1 is 0.897 bits per heavy atom. The van der Waals surface area contributed by atoms with Gasteiger partial charge in [-0.15, -0.1) is 11.3 Å². The highest BCUT2D eigenvalue weighted by molar-refractivity contribution is 7.92. The van der Waals surface area contributed by atoms with E-state index in [9.17, 15) is 13.2 Å². The average molecular weight is 558 g/mol. The van der Waals surface area contributed by atoms with Crippen LogP contribution in [0.4, 0.5) is 11.4 Å². The van der Waals surface area contributed by atoms with Crippen molar-refractivity contribution in [1.29, 1.82) is 0 Å². The third kappa shape index (κ3) is 5.94. The molecule has 2 N–H and O–H groups in total. The van der Waals surface area contributed by atoms with Crippen LogP contribution in [0.5, 0.6) is 5.75 Å². The van der Waals surface area contributed by atoms with Crippen LogP contribution in [0.25, 0.3) is 20.8 Å². The van der Waals surface area contributed by atoms with Crippen LogP contribution in [0.3, 0.4) is 0 Å². The van der Waals surface area contributed by atoms with Gasteiger partial charge < -0.3 is 10.1 Å². The van der Waals surface area contributed by atoms with Crippen molar-refractivity contribution in [3.05, 3.63) is 102 Å². The van der Waals surface area contributed by atoms with Gasteiger partial charge >= 0.3 is 0 Å². The number of nitrogens with zero attached hydrogens (tertiary/aromatic N) is 1. The summed E-state index contributed by atoms with van der Waals surface area (Å²) in [7, 11) is -3.92. The second kappa shape index (κ2) is 10.9. The summed E-state index contributed by atoms with van der Waals surface area (Å²) in [5.41, 5.74) is 4.86. The molecular weight excluding hydrogens is 530 g/mol. The summed E-state index contributed by atoms with van der Waals surface area (Å²) < 4.78 is 35.4. The number of hydrogen-bond donors (Lipinski definition) is 2. The Balaban J connectivity index is 1.31. The van der Waals surface area contributed by atoms with Gasteiger partial charge in [0, 0.05) is 22.5 Å². The Kier molecular flexibility index (Phi) is 7.36. The molecule has 0 aliphatic rings. The number of ether oxygens (including phenoxy) is 1. The maximum Gasteiger partial charge on any atom is 0.262 e. The van der Waals surface area contributed by atoms with Gasteiger partial charge in [-0.25, -0.2) is 13.4 Å². The standard InChI is InChI=1S/C30H27N3O4S2/c1-4-37-25-14-12-24(13-15-25)33-39(35,36)28-18-22(7-6-20(28)3)29(34)31-23-10-8-21(9-11-23)30-32-26-16-5-19(2)17-27(26)38-30/h5-18,33H,4H2,1-3H3,(H,31,34). The van der Waals surface area contributed by atoms with Gasteiger partial charge in [0.25, 0.3) is 15.9 Å². The van der Waals surface area contributed by atoms with E-state index >= 15 is 0 Å². The molecule has 198 valence electrons. The fraction of sp³-hybridized carbons (Fsp3) is 0.133. The smallest absolute Gasteiger partial charge is 0.262 e. The zero-order valence-corrected chi connectivity index (χ0v) is 23.3. The highest BCUT2D eigenvalue weighted by Gasteiger charge is 2.20. The number of rotatable bonds is 8. The average Bonchev–Trinajstić information content (AvgIpc) is 3.33. The van der Waals surface area contributed by atoms with E-state index in [1.807, 2.05) is 43.3 Å². The summed E-state index contributed by atoms with van der Waals surface area (Å²) in [5, 5.41) is 3.76. The van der Waals surface area contributed by atoms with Crippen molar-refractivity contribution in [1.82, 2.24) is 4.98 Å². The van der Waals surface area contributed by atoms with Gasteiger partial charge in [-0.1, -0.05) is 12.1 Å². The third-order valence-corrected chi connectivity index (χ3v) is 8.68. The molecule has 7 nitrogen and oxygen atoms in total. The molecule has 0 unspecified atom stereocenters. The van der Waals surface area contributed by atoms with Crippen LogP contribution in [0.1, 0.15) is 28.4 Å². The molecule has 0 radical (unpaired) electrons. The molecule has 0 saturated heterocycles. The maximum atomic E-state index is 13.1. The number of benzene rings is 4.